The Labute approximate surface area is 121 Å². The maximum absolute atomic E-state index is 12.8. The van der Waals surface area contributed by atoms with Gasteiger partial charge in [-0.2, -0.15) is 0 Å². The number of benzene rings is 2. The van der Waals surface area contributed by atoms with Crippen LogP contribution in [0.5, 0.6) is 0 Å². The molecule has 0 aliphatic carbocycles. The largest absolute Gasteiger partial charge is 0.348 e. The SMILES string of the molecule is NS(=O)(=O)c1cccc(C(=O)NCc2ccc(F)cc2)c1. The molecule has 0 unspecified atom stereocenters. The molecule has 7 heteroatoms. The van der Waals surface area contributed by atoms with Crippen molar-refractivity contribution in [2.24, 2.45) is 5.14 Å². The number of carbonyl (C=O) groups is 1. The van der Waals surface area contributed by atoms with Crippen LogP contribution in [0.2, 0.25) is 0 Å². The molecule has 0 fully saturated rings. The summed E-state index contributed by atoms with van der Waals surface area (Å²) in [7, 11) is -3.85. The lowest BCUT2D eigenvalue weighted by Gasteiger charge is -2.06. The highest BCUT2D eigenvalue weighted by atomic mass is 32.2. The first-order valence-corrected chi connectivity index (χ1v) is 7.56. The standard InChI is InChI=1S/C14H13FN2O3S/c15-12-6-4-10(5-7-12)9-17-14(18)11-2-1-3-13(8-11)21(16,19)20/h1-8H,9H2,(H,17,18)(H2,16,19,20). The van der Waals surface area contributed by atoms with E-state index in [4.69, 9.17) is 5.14 Å². The minimum Gasteiger partial charge on any atom is -0.348 e. The molecule has 0 atom stereocenters. The Kier molecular flexibility index (Phi) is 4.35. The summed E-state index contributed by atoms with van der Waals surface area (Å²) in [5.41, 5.74) is 0.913. The smallest absolute Gasteiger partial charge is 0.251 e. The van der Waals surface area contributed by atoms with Crippen molar-refractivity contribution in [3.05, 3.63) is 65.5 Å². The molecule has 0 spiro atoms. The fourth-order valence-corrected chi connectivity index (χ4v) is 2.26. The highest BCUT2D eigenvalue weighted by Crippen LogP contribution is 2.10. The summed E-state index contributed by atoms with van der Waals surface area (Å²) in [6.07, 6.45) is 0. The molecule has 0 radical (unpaired) electrons. The third kappa shape index (κ3) is 4.11. The highest BCUT2D eigenvalue weighted by Gasteiger charge is 2.11. The van der Waals surface area contributed by atoms with Crippen molar-refractivity contribution in [3.8, 4) is 0 Å². The van der Waals surface area contributed by atoms with Gasteiger partial charge in [0.05, 0.1) is 4.90 Å². The van der Waals surface area contributed by atoms with E-state index in [2.05, 4.69) is 5.32 Å². The van der Waals surface area contributed by atoms with Gasteiger partial charge in [0.2, 0.25) is 10.0 Å². The topological polar surface area (TPSA) is 89.3 Å². The molecular weight excluding hydrogens is 295 g/mol. The predicted molar refractivity (Wildman–Crippen MR) is 75.4 cm³/mol. The number of nitrogens with two attached hydrogens (primary N) is 1. The predicted octanol–water partition coefficient (Wildman–Crippen LogP) is 1.40. The van der Waals surface area contributed by atoms with Crippen molar-refractivity contribution >= 4 is 15.9 Å². The Morgan fingerprint density at radius 2 is 1.81 bits per heavy atom. The molecule has 110 valence electrons. The normalized spacial score (nSPS) is 11.1. The minimum atomic E-state index is -3.85. The Bertz CT molecular complexity index is 758. The van der Waals surface area contributed by atoms with Crippen LogP contribution in [0.25, 0.3) is 0 Å². The molecule has 0 aliphatic heterocycles. The second-order valence-corrected chi connectivity index (χ2v) is 5.94. The van der Waals surface area contributed by atoms with Gasteiger partial charge in [0.15, 0.2) is 0 Å². The minimum absolute atomic E-state index is 0.128. The second kappa shape index (κ2) is 6.02. The molecule has 2 aromatic rings. The Hall–Kier alpha value is -2.25. The van der Waals surface area contributed by atoms with Gasteiger partial charge in [-0.05, 0) is 35.9 Å². The third-order valence-corrected chi connectivity index (χ3v) is 3.70. The molecule has 3 N–H and O–H groups in total. The van der Waals surface area contributed by atoms with Crippen molar-refractivity contribution in [3.63, 3.8) is 0 Å². The lowest BCUT2D eigenvalue weighted by Crippen LogP contribution is -2.23. The molecule has 0 aromatic heterocycles. The summed E-state index contributed by atoms with van der Waals surface area (Å²) in [4.78, 5) is 11.8. The van der Waals surface area contributed by atoms with Crippen molar-refractivity contribution in [1.29, 1.82) is 0 Å². The van der Waals surface area contributed by atoms with Crippen LogP contribution in [0.1, 0.15) is 15.9 Å². The fourth-order valence-electron chi connectivity index (χ4n) is 1.70. The van der Waals surface area contributed by atoms with Gasteiger partial charge in [-0.25, -0.2) is 17.9 Å². The van der Waals surface area contributed by atoms with E-state index in [-0.39, 0.29) is 22.8 Å². The van der Waals surface area contributed by atoms with E-state index in [9.17, 15) is 17.6 Å². The quantitative estimate of drug-likeness (QED) is 0.894. The summed E-state index contributed by atoms with van der Waals surface area (Å²) in [6.45, 7) is 0.207. The lowest BCUT2D eigenvalue weighted by atomic mass is 10.2. The number of amides is 1. The van der Waals surface area contributed by atoms with Crippen molar-refractivity contribution in [2.45, 2.75) is 11.4 Å². The van der Waals surface area contributed by atoms with E-state index < -0.39 is 15.9 Å². The van der Waals surface area contributed by atoms with Gasteiger partial charge in [0.25, 0.3) is 5.91 Å². The molecule has 0 aliphatic rings. The molecule has 2 rings (SSSR count). The van der Waals surface area contributed by atoms with Crippen LogP contribution in [0, 0.1) is 5.82 Å². The van der Waals surface area contributed by atoms with Gasteiger partial charge in [0.1, 0.15) is 5.82 Å². The zero-order chi connectivity index (χ0) is 15.5. The Morgan fingerprint density at radius 1 is 1.14 bits per heavy atom. The monoisotopic (exact) mass is 308 g/mol. The van der Waals surface area contributed by atoms with Gasteiger partial charge in [0, 0.05) is 12.1 Å². The van der Waals surface area contributed by atoms with Crippen molar-refractivity contribution in [1.82, 2.24) is 5.32 Å². The Balaban J connectivity index is 2.08. The molecule has 2 aromatic carbocycles. The Morgan fingerprint density at radius 3 is 2.43 bits per heavy atom. The number of primary sulfonamides is 1. The summed E-state index contributed by atoms with van der Waals surface area (Å²) in [5, 5.41) is 7.63. The van der Waals surface area contributed by atoms with Crippen LogP contribution < -0.4 is 10.5 Å². The summed E-state index contributed by atoms with van der Waals surface area (Å²) in [6, 6.07) is 11.1. The van der Waals surface area contributed by atoms with E-state index in [0.717, 1.165) is 5.56 Å². The van der Waals surface area contributed by atoms with Crippen molar-refractivity contribution < 1.29 is 17.6 Å². The van der Waals surface area contributed by atoms with Gasteiger partial charge in [-0.15, -0.1) is 0 Å². The van der Waals surface area contributed by atoms with Crippen LogP contribution in [0.3, 0.4) is 0 Å². The van der Waals surface area contributed by atoms with Crippen LogP contribution in [0.15, 0.2) is 53.4 Å². The summed E-state index contributed by atoms with van der Waals surface area (Å²) in [5.74, 6) is -0.796. The fraction of sp³-hybridized carbons (Fsp3) is 0.0714. The summed E-state index contributed by atoms with van der Waals surface area (Å²) >= 11 is 0. The molecule has 0 bridgehead atoms. The average molecular weight is 308 g/mol. The number of rotatable bonds is 4. The molecule has 0 saturated heterocycles. The molecule has 21 heavy (non-hydrogen) atoms. The third-order valence-electron chi connectivity index (χ3n) is 2.79. The van der Waals surface area contributed by atoms with Crippen molar-refractivity contribution in [2.75, 3.05) is 0 Å². The summed E-state index contributed by atoms with van der Waals surface area (Å²) < 4.78 is 35.2. The van der Waals surface area contributed by atoms with Crippen LogP contribution in [0.4, 0.5) is 4.39 Å². The van der Waals surface area contributed by atoms with E-state index in [1.165, 1.54) is 36.4 Å². The average Bonchev–Trinajstić information content (AvgIpc) is 2.45. The van der Waals surface area contributed by atoms with E-state index in [1.807, 2.05) is 0 Å². The van der Waals surface area contributed by atoms with Gasteiger partial charge in [-0.1, -0.05) is 18.2 Å². The number of halogens is 1. The number of carbonyl (C=O) groups excluding carboxylic acids is 1. The number of hydrogen-bond acceptors (Lipinski definition) is 3. The maximum atomic E-state index is 12.8. The van der Waals surface area contributed by atoms with Crippen LogP contribution in [-0.2, 0) is 16.6 Å². The van der Waals surface area contributed by atoms with Crippen LogP contribution >= 0.6 is 0 Å². The first-order chi connectivity index (χ1) is 9.86. The number of hydrogen-bond donors (Lipinski definition) is 2. The number of nitrogens with one attached hydrogen (secondary N) is 1. The zero-order valence-electron chi connectivity index (χ0n) is 10.9. The van der Waals surface area contributed by atoms with Crippen LogP contribution in [-0.4, -0.2) is 14.3 Å². The molecule has 0 heterocycles. The van der Waals surface area contributed by atoms with E-state index in [1.54, 1.807) is 12.1 Å². The number of sulfonamides is 1. The van der Waals surface area contributed by atoms with E-state index >= 15 is 0 Å². The van der Waals surface area contributed by atoms with Gasteiger partial charge >= 0.3 is 0 Å². The maximum Gasteiger partial charge on any atom is 0.251 e. The first-order valence-electron chi connectivity index (χ1n) is 6.02. The molecule has 5 nitrogen and oxygen atoms in total. The molecular formula is C14H13FN2O3S. The first kappa shape index (κ1) is 15.1. The zero-order valence-corrected chi connectivity index (χ0v) is 11.7. The highest BCUT2D eigenvalue weighted by molar-refractivity contribution is 7.89. The molecule has 1 amide bonds. The van der Waals surface area contributed by atoms with E-state index in [0.29, 0.717) is 0 Å². The van der Waals surface area contributed by atoms with Gasteiger partial charge < -0.3 is 5.32 Å². The lowest BCUT2D eigenvalue weighted by molar-refractivity contribution is 0.0950. The second-order valence-electron chi connectivity index (χ2n) is 4.38. The molecule has 0 saturated carbocycles. The van der Waals surface area contributed by atoms with Gasteiger partial charge in [-0.3, -0.25) is 4.79 Å².